The predicted octanol–water partition coefficient (Wildman–Crippen LogP) is 6.40. The summed E-state index contributed by atoms with van der Waals surface area (Å²) in [6.07, 6.45) is 0. The number of benzene rings is 3. The Balaban J connectivity index is 1.57. The summed E-state index contributed by atoms with van der Waals surface area (Å²) in [5.41, 5.74) is 3.42. The highest BCUT2D eigenvalue weighted by molar-refractivity contribution is 9.11. The molecule has 0 aliphatic heterocycles. The van der Waals surface area contributed by atoms with Crippen molar-refractivity contribution in [3.8, 4) is 5.75 Å². The zero-order valence-corrected chi connectivity index (χ0v) is 16.2. The van der Waals surface area contributed by atoms with E-state index in [1.807, 2.05) is 48.5 Å². The third kappa shape index (κ3) is 4.62. The van der Waals surface area contributed by atoms with Gasteiger partial charge in [0.05, 0.1) is 5.69 Å². The monoisotopic (exact) mass is 445 g/mol. The lowest BCUT2D eigenvalue weighted by atomic mass is 10.2. The van der Waals surface area contributed by atoms with Crippen LogP contribution in [0.3, 0.4) is 0 Å². The number of hydrogen-bond acceptors (Lipinski definition) is 2. The Bertz CT molecular complexity index is 768. The summed E-state index contributed by atoms with van der Waals surface area (Å²) < 4.78 is 7.90. The van der Waals surface area contributed by atoms with Crippen molar-refractivity contribution in [1.82, 2.24) is 0 Å². The molecule has 122 valence electrons. The van der Waals surface area contributed by atoms with Gasteiger partial charge in [0.2, 0.25) is 0 Å². The summed E-state index contributed by atoms with van der Waals surface area (Å²) in [6.45, 7) is 1.34. The lowest BCUT2D eigenvalue weighted by molar-refractivity contribution is 0.306. The molecule has 1 N–H and O–H groups in total. The van der Waals surface area contributed by atoms with Crippen LogP contribution >= 0.6 is 31.9 Å². The standard InChI is InChI=1S/C20H17Br2NO/c21-18-7-4-8-19(22)20(18)23-13-15-9-11-17(12-10-15)24-14-16-5-2-1-3-6-16/h1-12,23H,13-14H2. The van der Waals surface area contributed by atoms with Crippen LogP contribution in [0.5, 0.6) is 5.75 Å². The fourth-order valence-corrected chi connectivity index (χ4v) is 3.58. The Kier molecular flexibility index (Phi) is 5.94. The van der Waals surface area contributed by atoms with Crippen molar-refractivity contribution in [1.29, 1.82) is 0 Å². The van der Waals surface area contributed by atoms with E-state index in [0.717, 1.165) is 26.9 Å². The first-order valence-corrected chi connectivity index (χ1v) is 9.24. The van der Waals surface area contributed by atoms with E-state index < -0.39 is 0 Å². The molecule has 3 aromatic carbocycles. The fraction of sp³-hybridized carbons (Fsp3) is 0.100. The Morgan fingerprint density at radius 1 is 0.708 bits per heavy atom. The first kappa shape index (κ1) is 17.1. The van der Waals surface area contributed by atoms with Crippen LogP contribution in [0.1, 0.15) is 11.1 Å². The van der Waals surface area contributed by atoms with Crippen molar-refractivity contribution in [3.05, 3.63) is 92.9 Å². The predicted molar refractivity (Wildman–Crippen MR) is 106 cm³/mol. The van der Waals surface area contributed by atoms with E-state index in [0.29, 0.717) is 6.61 Å². The van der Waals surface area contributed by atoms with E-state index in [2.05, 4.69) is 61.4 Å². The number of para-hydroxylation sites is 1. The fourth-order valence-electron chi connectivity index (χ4n) is 2.30. The van der Waals surface area contributed by atoms with Gasteiger partial charge in [-0.15, -0.1) is 0 Å². The van der Waals surface area contributed by atoms with E-state index in [1.54, 1.807) is 0 Å². The van der Waals surface area contributed by atoms with Crippen molar-refractivity contribution < 1.29 is 4.74 Å². The minimum absolute atomic E-state index is 0.586. The molecule has 24 heavy (non-hydrogen) atoms. The summed E-state index contributed by atoms with van der Waals surface area (Å²) in [7, 11) is 0. The van der Waals surface area contributed by atoms with E-state index in [4.69, 9.17) is 4.74 Å². The van der Waals surface area contributed by atoms with E-state index in [1.165, 1.54) is 11.1 Å². The normalized spacial score (nSPS) is 10.4. The molecule has 0 atom stereocenters. The molecule has 0 spiro atoms. The van der Waals surface area contributed by atoms with Gasteiger partial charge < -0.3 is 10.1 Å². The lowest BCUT2D eigenvalue weighted by Gasteiger charge is -2.11. The summed E-state index contributed by atoms with van der Waals surface area (Å²) >= 11 is 7.12. The Morgan fingerprint density at radius 2 is 1.38 bits per heavy atom. The van der Waals surface area contributed by atoms with Crippen LogP contribution in [-0.4, -0.2) is 0 Å². The summed E-state index contributed by atoms with van der Waals surface area (Å²) in [4.78, 5) is 0. The molecule has 0 aliphatic rings. The average Bonchev–Trinajstić information content (AvgIpc) is 2.61. The van der Waals surface area contributed by atoms with E-state index in [9.17, 15) is 0 Å². The average molecular weight is 447 g/mol. The maximum Gasteiger partial charge on any atom is 0.119 e. The van der Waals surface area contributed by atoms with Crippen LogP contribution < -0.4 is 10.1 Å². The minimum atomic E-state index is 0.586. The van der Waals surface area contributed by atoms with Crippen molar-refractivity contribution >= 4 is 37.5 Å². The number of hydrogen-bond donors (Lipinski definition) is 1. The van der Waals surface area contributed by atoms with Gasteiger partial charge in [0.25, 0.3) is 0 Å². The molecular formula is C20H17Br2NO. The van der Waals surface area contributed by atoms with Crippen molar-refractivity contribution in [3.63, 3.8) is 0 Å². The van der Waals surface area contributed by atoms with Gasteiger partial charge in [-0.2, -0.15) is 0 Å². The molecule has 0 amide bonds. The first-order valence-electron chi connectivity index (χ1n) is 7.66. The molecule has 4 heteroatoms. The smallest absolute Gasteiger partial charge is 0.119 e. The zero-order valence-electron chi connectivity index (χ0n) is 13.0. The van der Waals surface area contributed by atoms with Crippen molar-refractivity contribution in [2.24, 2.45) is 0 Å². The molecule has 3 aromatic rings. The molecule has 0 aliphatic carbocycles. The second-order valence-corrected chi connectivity index (χ2v) is 7.08. The molecular weight excluding hydrogens is 430 g/mol. The third-order valence-electron chi connectivity index (χ3n) is 3.60. The van der Waals surface area contributed by atoms with Crippen LogP contribution in [0.4, 0.5) is 5.69 Å². The van der Waals surface area contributed by atoms with E-state index in [-0.39, 0.29) is 0 Å². The largest absolute Gasteiger partial charge is 0.489 e. The lowest BCUT2D eigenvalue weighted by Crippen LogP contribution is -2.01. The number of nitrogens with one attached hydrogen (secondary N) is 1. The SMILES string of the molecule is Brc1cccc(Br)c1NCc1ccc(OCc2ccccc2)cc1. The third-order valence-corrected chi connectivity index (χ3v) is 4.93. The summed E-state index contributed by atoms with van der Waals surface area (Å²) in [5.74, 6) is 0.879. The molecule has 2 nitrogen and oxygen atoms in total. The topological polar surface area (TPSA) is 21.3 Å². The molecule has 0 radical (unpaired) electrons. The van der Waals surface area contributed by atoms with Crippen LogP contribution in [0, 0.1) is 0 Å². The number of ether oxygens (including phenoxy) is 1. The maximum absolute atomic E-state index is 5.81. The van der Waals surface area contributed by atoms with Gasteiger partial charge in [-0.1, -0.05) is 48.5 Å². The molecule has 0 heterocycles. The van der Waals surface area contributed by atoms with Gasteiger partial charge in [0, 0.05) is 15.5 Å². The van der Waals surface area contributed by atoms with Crippen LogP contribution in [0.15, 0.2) is 81.7 Å². The highest BCUT2D eigenvalue weighted by Gasteiger charge is 2.04. The van der Waals surface area contributed by atoms with Gasteiger partial charge in [-0.05, 0) is 67.3 Å². The van der Waals surface area contributed by atoms with Crippen LogP contribution in [0.25, 0.3) is 0 Å². The summed E-state index contributed by atoms with van der Waals surface area (Å²) in [5, 5.41) is 3.44. The molecule has 0 unspecified atom stereocenters. The van der Waals surface area contributed by atoms with Crippen molar-refractivity contribution in [2.45, 2.75) is 13.2 Å². The van der Waals surface area contributed by atoms with Gasteiger partial charge in [-0.3, -0.25) is 0 Å². The second-order valence-electron chi connectivity index (χ2n) is 5.37. The molecule has 3 rings (SSSR count). The quantitative estimate of drug-likeness (QED) is 0.472. The van der Waals surface area contributed by atoms with Crippen LogP contribution in [-0.2, 0) is 13.2 Å². The number of halogens is 2. The van der Waals surface area contributed by atoms with Gasteiger partial charge in [0.1, 0.15) is 12.4 Å². The van der Waals surface area contributed by atoms with Gasteiger partial charge >= 0.3 is 0 Å². The van der Waals surface area contributed by atoms with Gasteiger partial charge in [0.15, 0.2) is 0 Å². The van der Waals surface area contributed by atoms with Gasteiger partial charge in [-0.25, -0.2) is 0 Å². The number of rotatable bonds is 6. The molecule has 0 aromatic heterocycles. The Labute approximate surface area is 159 Å². The van der Waals surface area contributed by atoms with E-state index >= 15 is 0 Å². The highest BCUT2D eigenvalue weighted by Crippen LogP contribution is 2.31. The maximum atomic E-state index is 5.81. The molecule has 0 saturated heterocycles. The Morgan fingerprint density at radius 3 is 2.04 bits per heavy atom. The van der Waals surface area contributed by atoms with Crippen LogP contribution in [0.2, 0.25) is 0 Å². The first-order chi connectivity index (χ1) is 11.7. The molecule has 0 saturated carbocycles. The highest BCUT2D eigenvalue weighted by atomic mass is 79.9. The second kappa shape index (κ2) is 8.36. The zero-order chi connectivity index (χ0) is 16.8. The van der Waals surface area contributed by atoms with Crippen molar-refractivity contribution in [2.75, 3.05) is 5.32 Å². The Hall–Kier alpha value is -1.78. The number of anilines is 1. The molecule has 0 fully saturated rings. The minimum Gasteiger partial charge on any atom is -0.489 e. The summed E-state index contributed by atoms with van der Waals surface area (Å²) in [6, 6.07) is 24.4. The molecule has 0 bridgehead atoms.